The lowest BCUT2D eigenvalue weighted by Crippen LogP contribution is -2.10. The van der Waals surface area contributed by atoms with Crippen LogP contribution >= 0.6 is 0 Å². The van der Waals surface area contributed by atoms with Gasteiger partial charge in [-0.25, -0.2) is 9.48 Å². The van der Waals surface area contributed by atoms with Crippen molar-refractivity contribution in [2.24, 2.45) is 0 Å². The highest BCUT2D eigenvalue weighted by Crippen LogP contribution is 2.14. The lowest BCUT2D eigenvalue weighted by Gasteiger charge is -2.04. The second-order valence-electron chi connectivity index (χ2n) is 5.68. The van der Waals surface area contributed by atoms with Crippen molar-refractivity contribution >= 4 is 16.9 Å². The minimum atomic E-state index is -0.694. The summed E-state index contributed by atoms with van der Waals surface area (Å²) in [6.07, 6.45) is 3.40. The van der Waals surface area contributed by atoms with Crippen molar-refractivity contribution in [1.29, 1.82) is 0 Å². The number of aromatic nitrogens is 2. The lowest BCUT2D eigenvalue weighted by atomic mass is 10.2. The van der Waals surface area contributed by atoms with E-state index in [-0.39, 0.29) is 17.8 Å². The highest BCUT2D eigenvalue weighted by molar-refractivity contribution is 5.88. The van der Waals surface area contributed by atoms with E-state index in [2.05, 4.69) is 5.10 Å². The molecule has 4 rings (SSSR count). The molecule has 0 fully saturated rings. The number of carbonyl (C=O) groups excluding carboxylic acids is 1. The van der Waals surface area contributed by atoms with Crippen molar-refractivity contribution in [2.75, 3.05) is 0 Å². The van der Waals surface area contributed by atoms with Crippen LogP contribution in [0, 0.1) is 0 Å². The number of benzene rings is 2. The van der Waals surface area contributed by atoms with Gasteiger partial charge in [0, 0.05) is 17.8 Å². The van der Waals surface area contributed by atoms with Crippen molar-refractivity contribution in [3.05, 3.63) is 94.6 Å². The molecule has 0 amide bonds. The van der Waals surface area contributed by atoms with Crippen LogP contribution in [0.1, 0.15) is 16.1 Å². The van der Waals surface area contributed by atoms with Gasteiger partial charge in [-0.05, 0) is 24.3 Å². The SMILES string of the molecule is O=C(OCc1cnn(-c2ccccc2)c1)c1cc(=O)c2ccccc2o1. The summed E-state index contributed by atoms with van der Waals surface area (Å²) in [4.78, 5) is 24.3. The van der Waals surface area contributed by atoms with E-state index in [9.17, 15) is 9.59 Å². The van der Waals surface area contributed by atoms with Crippen molar-refractivity contribution in [2.45, 2.75) is 6.61 Å². The summed E-state index contributed by atoms with van der Waals surface area (Å²) >= 11 is 0. The highest BCUT2D eigenvalue weighted by Gasteiger charge is 2.14. The Kier molecular flexibility index (Phi) is 4.07. The van der Waals surface area contributed by atoms with Crippen LogP contribution in [0.5, 0.6) is 0 Å². The number of hydrogen-bond acceptors (Lipinski definition) is 5. The third-order valence-corrected chi connectivity index (χ3v) is 3.86. The summed E-state index contributed by atoms with van der Waals surface area (Å²) in [6, 6.07) is 17.5. The smallest absolute Gasteiger partial charge is 0.374 e. The second-order valence-corrected chi connectivity index (χ2v) is 5.68. The Morgan fingerprint density at radius 3 is 2.69 bits per heavy atom. The fourth-order valence-electron chi connectivity index (χ4n) is 2.58. The molecule has 2 heterocycles. The molecule has 0 bridgehead atoms. The Labute approximate surface area is 148 Å². The van der Waals surface area contributed by atoms with Gasteiger partial charge in [0.15, 0.2) is 5.43 Å². The van der Waals surface area contributed by atoms with Gasteiger partial charge in [0.25, 0.3) is 0 Å². The summed E-state index contributed by atoms with van der Waals surface area (Å²) < 4.78 is 12.4. The molecule has 0 N–H and O–H groups in total. The van der Waals surface area contributed by atoms with Gasteiger partial charge >= 0.3 is 5.97 Å². The van der Waals surface area contributed by atoms with Crippen LogP contribution in [0.3, 0.4) is 0 Å². The normalized spacial score (nSPS) is 10.8. The Balaban J connectivity index is 1.49. The zero-order chi connectivity index (χ0) is 17.9. The molecule has 2 aromatic heterocycles. The summed E-state index contributed by atoms with van der Waals surface area (Å²) in [5.74, 6) is -0.815. The van der Waals surface area contributed by atoms with E-state index < -0.39 is 5.97 Å². The van der Waals surface area contributed by atoms with Crippen LogP contribution in [0.2, 0.25) is 0 Å². The summed E-state index contributed by atoms with van der Waals surface area (Å²) in [6.45, 7) is 0.0300. The second kappa shape index (κ2) is 6.68. The van der Waals surface area contributed by atoms with Gasteiger partial charge in [-0.2, -0.15) is 5.10 Å². The van der Waals surface area contributed by atoms with Gasteiger partial charge in [-0.3, -0.25) is 4.79 Å². The average molecular weight is 346 g/mol. The molecule has 0 spiro atoms. The van der Waals surface area contributed by atoms with Crippen molar-refractivity contribution in [3.8, 4) is 5.69 Å². The number of hydrogen-bond donors (Lipinski definition) is 0. The van der Waals surface area contributed by atoms with Gasteiger partial charge < -0.3 is 9.15 Å². The molecule has 0 saturated heterocycles. The number of ether oxygens (including phenoxy) is 1. The number of carbonyl (C=O) groups is 1. The Morgan fingerprint density at radius 1 is 1.08 bits per heavy atom. The van der Waals surface area contributed by atoms with Crippen LogP contribution in [-0.2, 0) is 11.3 Å². The van der Waals surface area contributed by atoms with E-state index in [4.69, 9.17) is 9.15 Å². The molecule has 0 unspecified atom stereocenters. The predicted molar refractivity (Wildman–Crippen MR) is 95.2 cm³/mol. The number of esters is 1. The Hall–Kier alpha value is -3.67. The van der Waals surface area contributed by atoms with Crippen LogP contribution < -0.4 is 5.43 Å². The molecule has 0 aliphatic carbocycles. The maximum atomic E-state index is 12.2. The third-order valence-electron chi connectivity index (χ3n) is 3.86. The van der Waals surface area contributed by atoms with Gasteiger partial charge in [-0.1, -0.05) is 30.3 Å². The molecule has 0 saturated carbocycles. The molecular weight excluding hydrogens is 332 g/mol. The average Bonchev–Trinajstić information content (AvgIpc) is 3.16. The van der Waals surface area contributed by atoms with Gasteiger partial charge in [-0.15, -0.1) is 0 Å². The van der Waals surface area contributed by atoms with Gasteiger partial charge in [0.1, 0.15) is 12.2 Å². The monoisotopic (exact) mass is 346 g/mol. The van der Waals surface area contributed by atoms with E-state index in [0.717, 1.165) is 17.3 Å². The number of rotatable bonds is 4. The van der Waals surface area contributed by atoms with Crippen molar-refractivity contribution in [1.82, 2.24) is 9.78 Å². The van der Waals surface area contributed by atoms with Crippen molar-refractivity contribution in [3.63, 3.8) is 0 Å². The van der Waals surface area contributed by atoms with Gasteiger partial charge in [0.2, 0.25) is 5.76 Å². The minimum absolute atomic E-state index is 0.0300. The van der Waals surface area contributed by atoms with E-state index in [1.807, 2.05) is 30.3 Å². The first-order chi connectivity index (χ1) is 12.7. The van der Waals surface area contributed by atoms with Crippen LogP contribution in [0.4, 0.5) is 0 Å². The predicted octanol–water partition coefficient (Wildman–Crippen LogP) is 3.34. The van der Waals surface area contributed by atoms with E-state index in [1.165, 1.54) is 0 Å². The molecule has 128 valence electrons. The maximum absolute atomic E-state index is 12.2. The first-order valence-corrected chi connectivity index (χ1v) is 8.00. The fourth-order valence-corrected chi connectivity index (χ4v) is 2.58. The quantitative estimate of drug-likeness (QED) is 0.530. The largest absolute Gasteiger partial charge is 0.455 e. The van der Waals surface area contributed by atoms with E-state index >= 15 is 0 Å². The van der Waals surface area contributed by atoms with Crippen LogP contribution in [0.25, 0.3) is 16.7 Å². The molecule has 6 nitrogen and oxygen atoms in total. The highest BCUT2D eigenvalue weighted by atomic mass is 16.5. The molecule has 4 aromatic rings. The molecule has 2 aromatic carbocycles. The zero-order valence-corrected chi connectivity index (χ0v) is 13.7. The van der Waals surface area contributed by atoms with E-state index in [1.54, 1.807) is 41.3 Å². The van der Waals surface area contributed by atoms with Crippen LogP contribution in [0.15, 0.2) is 82.3 Å². The Morgan fingerprint density at radius 2 is 1.85 bits per heavy atom. The topological polar surface area (TPSA) is 74.3 Å². The first-order valence-electron chi connectivity index (χ1n) is 8.00. The number of fused-ring (bicyclic) bond motifs is 1. The number of nitrogens with zero attached hydrogens (tertiary/aromatic N) is 2. The molecule has 6 heteroatoms. The summed E-state index contributed by atoms with van der Waals surface area (Å²) in [5.41, 5.74) is 1.70. The molecule has 0 radical (unpaired) electrons. The minimum Gasteiger partial charge on any atom is -0.455 e. The standard InChI is InChI=1S/C20H14N2O4/c23-17-10-19(26-18-9-5-4-8-16(17)18)20(24)25-13-14-11-21-22(12-14)15-6-2-1-3-7-15/h1-12H,13H2. The molecule has 26 heavy (non-hydrogen) atoms. The lowest BCUT2D eigenvalue weighted by molar-refractivity contribution is 0.0436. The van der Waals surface area contributed by atoms with Crippen LogP contribution in [-0.4, -0.2) is 15.7 Å². The third kappa shape index (κ3) is 3.12. The molecule has 0 atom stereocenters. The van der Waals surface area contributed by atoms with Gasteiger partial charge in [0.05, 0.1) is 17.3 Å². The molecule has 0 aliphatic heterocycles. The maximum Gasteiger partial charge on any atom is 0.374 e. The fraction of sp³-hybridized carbons (Fsp3) is 0.0500. The Bertz CT molecular complexity index is 1130. The summed E-state index contributed by atoms with van der Waals surface area (Å²) in [5, 5.41) is 4.67. The zero-order valence-electron chi connectivity index (χ0n) is 13.7. The molecular formula is C20H14N2O4. The first kappa shape index (κ1) is 15.8. The number of para-hydroxylation sites is 2. The summed E-state index contributed by atoms with van der Waals surface area (Å²) in [7, 11) is 0. The molecule has 0 aliphatic rings. The van der Waals surface area contributed by atoms with E-state index in [0.29, 0.717) is 11.0 Å². The van der Waals surface area contributed by atoms with Crippen molar-refractivity contribution < 1.29 is 13.9 Å².